The molecule has 19 heavy (non-hydrogen) atoms. The summed E-state index contributed by atoms with van der Waals surface area (Å²) in [5.41, 5.74) is 0. The van der Waals surface area contributed by atoms with Gasteiger partial charge < -0.3 is 9.64 Å². The Hall–Kier alpha value is -1.03. The molecule has 1 aromatic heterocycles. The minimum absolute atomic E-state index is 0.128. The molecule has 0 spiro atoms. The molecule has 0 radical (unpaired) electrons. The molecule has 0 bridgehead atoms. The second-order valence-corrected chi connectivity index (χ2v) is 5.58. The fourth-order valence-corrected chi connectivity index (χ4v) is 2.77. The number of ether oxygens (including phenoxy) is 1. The zero-order valence-corrected chi connectivity index (χ0v) is 12.4. The predicted molar refractivity (Wildman–Crippen MR) is 78.1 cm³/mol. The lowest BCUT2D eigenvalue weighted by atomic mass is 10.00. The lowest BCUT2D eigenvalue weighted by Crippen LogP contribution is -2.40. The van der Waals surface area contributed by atoms with Gasteiger partial charge in [0, 0.05) is 24.5 Å². The van der Waals surface area contributed by atoms with Crippen molar-refractivity contribution in [2.45, 2.75) is 51.7 Å². The van der Waals surface area contributed by atoms with Gasteiger partial charge in [-0.1, -0.05) is 0 Å². The van der Waals surface area contributed by atoms with Crippen LogP contribution < -0.4 is 9.64 Å². The summed E-state index contributed by atoms with van der Waals surface area (Å²) < 4.78 is 5.64. The SMILES string of the molecule is CC(C)Oc1cc(N2CCCCC2CCCl)ncn1. The largest absolute Gasteiger partial charge is 0.475 e. The van der Waals surface area contributed by atoms with Crippen LogP contribution in [-0.2, 0) is 0 Å². The van der Waals surface area contributed by atoms with Gasteiger partial charge in [0.25, 0.3) is 0 Å². The van der Waals surface area contributed by atoms with Crippen LogP contribution in [0, 0.1) is 0 Å². The average molecular weight is 284 g/mol. The Bertz CT molecular complexity index is 398. The number of rotatable bonds is 5. The van der Waals surface area contributed by atoms with Crippen LogP contribution in [0.5, 0.6) is 5.88 Å². The second-order valence-electron chi connectivity index (χ2n) is 5.20. The number of nitrogens with zero attached hydrogens (tertiary/aromatic N) is 3. The highest BCUT2D eigenvalue weighted by molar-refractivity contribution is 6.17. The molecule has 1 aromatic rings. The molecule has 0 amide bonds. The van der Waals surface area contributed by atoms with E-state index in [4.69, 9.17) is 16.3 Å². The van der Waals surface area contributed by atoms with E-state index in [0.29, 0.717) is 17.8 Å². The Labute approximate surface area is 120 Å². The second kappa shape index (κ2) is 6.94. The molecule has 2 rings (SSSR count). The van der Waals surface area contributed by atoms with E-state index < -0.39 is 0 Å². The maximum absolute atomic E-state index is 5.90. The molecule has 0 aliphatic carbocycles. The van der Waals surface area contributed by atoms with Crippen LogP contribution in [0.1, 0.15) is 39.5 Å². The van der Waals surface area contributed by atoms with Crippen molar-refractivity contribution >= 4 is 17.4 Å². The number of aromatic nitrogens is 2. The molecule has 5 heteroatoms. The first-order chi connectivity index (χ1) is 9.20. The monoisotopic (exact) mass is 283 g/mol. The summed E-state index contributed by atoms with van der Waals surface area (Å²) in [6.07, 6.45) is 6.40. The van der Waals surface area contributed by atoms with Gasteiger partial charge in [0.1, 0.15) is 12.1 Å². The molecular formula is C14H22ClN3O. The molecule has 4 nitrogen and oxygen atoms in total. The zero-order valence-electron chi connectivity index (χ0n) is 11.7. The molecule has 0 saturated carbocycles. The molecule has 2 heterocycles. The maximum atomic E-state index is 5.90. The van der Waals surface area contributed by atoms with Gasteiger partial charge in [-0.3, -0.25) is 0 Å². The molecule has 0 aromatic carbocycles. The van der Waals surface area contributed by atoms with E-state index >= 15 is 0 Å². The van der Waals surface area contributed by atoms with Gasteiger partial charge in [0.15, 0.2) is 0 Å². The highest BCUT2D eigenvalue weighted by atomic mass is 35.5. The van der Waals surface area contributed by atoms with Gasteiger partial charge in [-0.25, -0.2) is 9.97 Å². The van der Waals surface area contributed by atoms with E-state index in [9.17, 15) is 0 Å². The first-order valence-electron chi connectivity index (χ1n) is 7.02. The number of anilines is 1. The summed E-state index contributed by atoms with van der Waals surface area (Å²) in [6, 6.07) is 2.43. The van der Waals surface area contributed by atoms with E-state index in [-0.39, 0.29) is 6.10 Å². The van der Waals surface area contributed by atoms with Crippen molar-refractivity contribution in [3.8, 4) is 5.88 Å². The van der Waals surface area contributed by atoms with Crippen molar-refractivity contribution in [2.75, 3.05) is 17.3 Å². The van der Waals surface area contributed by atoms with Gasteiger partial charge >= 0.3 is 0 Å². The minimum atomic E-state index is 0.128. The third kappa shape index (κ3) is 3.96. The average Bonchev–Trinajstić information content (AvgIpc) is 2.39. The normalized spacial score (nSPS) is 19.8. The number of piperidine rings is 1. The van der Waals surface area contributed by atoms with Gasteiger partial charge in [0.05, 0.1) is 6.10 Å². The van der Waals surface area contributed by atoms with Gasteiger partial charge in [-0.15, -0.1) is 11.6 Å². The van der Waals surface area contributed by atoms with Crippen LogP contribution in [0.4, 0.5) is 5.82 Å². The Morgan fingerprint density at radius 1 is 1.42 bits per heavy atom. The zero-order chi connectivity index (χ0) is 13.7. The van der Waals surface area contributed by atoms with Crippen molar-refractivity contribution in [2.24, 2.45) is 0 Å². The summed E-state index contributed by atoms with van der Waals surface area (Å²) in [6.45, 7) is 5.04. The van der Waals surface area contributed by atoms with Crippen molar-refractivity contribution in [3.05, 3.63) is 12.4 Å². The van der Waals surface area contributed by atoms with Crippen LogP contribution in [0.25, 0.3) is 0 Å². The Balaban J connectivity index is 2.14. The van der Waals surface area contributed by atoms with E-state index in [1.165, 1.54) is 19.3 Å². The van der Waals surface area contributed by atoms with E-state index in [2.05, 4.69) is 14.9 Å². The smallest absolute Gasteiger partial charge is 0.218 e. The molecule has 1 aliphatic rings. The fourth-order valence-electron chi connectivity index (χ4n) is 2.52. The van der Waals surface area contributed by atoms with Crippen LogP contribution in [-0.4, -0.2) is 34.5 Å². The summed E-state index contributed by atoms with van der Waals surface area (Å²) in [5.74, 6) is 2.30. The lowest BCUT2D eigenvalue weighted by molar-refractivity contribution is 0.232. The lowest BCUT2D eigenvalue weighted by Gasteiger charge is -2.36. The maximum Gasteiger partial charge on any atom is 0.218 e. The first-order valence-corrected chi connectivity index (χ1v) is 7.55. The van der Waals surface area contributed by atoms with Crippen LogP contribution in [0.15, 0.2) is 12.4 Å². The quantitative estimate of drug-likeness (QED) is 0.778. The summed E-state index contributed by atoms with van der Waals surface area (Å²) in [7, 11) is 0. The molecule has 1 saturated heterocycles. The summed E-state index contributed by atoms with van der Waals surface area (Å²) in [4.78, 5) is 10.9. The molecule has 1 aliphatic heterocycles. The molecule has 1 unspecified atom stereocenters. The highest BCUT2D eigenvalue weighted by Crippen LogP contribution is 2.26. The number of halogens is 1. The summed E-state index contributed by atoms with van der Waals surface area (Å²) >= 11 is 5.90. The van der Waals surface area contributed by atoms with Crippen LogP contribution >= 0.6 is 11.6 Å². The van der Waals surface area contributed by atoms with Crippen LogP contribution in [0.2, 0.25) is 0 Å². The molecule has 0 N–H and O–H groups in total. The standard InChI is InChI=1S/C14H22ClN3O/c1-11(2)19-14-9-13(16-10-17-14)18-8-4-3-5-12(18)6-7-15/h9-12H,3-8H2,1-2H3. The number of hydrogen-bond donors (Lipinski definition) is 0. The third-order valence-corrected chi connectivity index (χ3v) is 3.57. The number of hydrogen-bond acceptors (Lipinski definition) is 4. The Kier molecular flexibility index (Phi) is 5.25. The molecular weight excluding hydrogens is 262 g/mol. The fraction of sp³-hybridized carbons (Fsp3) is 0.714. The third-order valence-electron chi connectivity index (χ3n) is 3.35. The van der Waals surface area contributed by atoms with Crippen molar-refractivity contribution in [3.63, 3.8) is 0 Å². The van der Waals surface area contributed by atoms with Gasteiger partial charge in [-0.2, -0.15) is 0 Å². The molecule has 1 fully saturated rings. The van der Waals surface area contributed by atoms with Gasteiger partial charge in [0.2, 0.25) is 5.88 Å². The molecule has 1 atom stereocenters. The van der Waals surface area contributed by atoms with E-state index in [1.807, 2.05) is 19.9 Å². The topological polar surface area (TPSA) is 38.2 Å². The first kappa shape index (κ1) is 14.4. The van der Waals surface area contributed by atoms with Crippen molar-refractivity contribution < 1.29 is 4.74 Å². The van der Waals surface area contributed by atoms with E-state index in [0.717, 1.165) is 18.8 Å². The van der Waals surface area contributed by atoms with Crippen molar-refractivity contribution in [1.82, 2.24) is 9.97 Å². The molecule has 106 valence electrons. The summed E-state index contributed by atoms with van der Waals surface area (Å²) in [5, 5.41) is 0. The van der Waals surface area contributed by atoms with E-state index in [1.54, 1.807) is 6.33 Å². The van der Waals surface area contributed by atoms with Crippen molar-refractivity contribution in [1.29, 1.82) is 0 Å². The Morgan fingerprint density at radius 3 is 3.00 bits per heavy atom. The Morgan fingerprint density at radius 2 is 2.26 bits per heavy atom. The predicted octanol–water partition coefficient (Wildman–Crippen LogP) is 3.25. The highest BCUT2D eigenvalue weighted by Gasteiger charge is 2.23. The van der Waals surface area contributed by atoms with Crippen LogP contribution in [0.3, 0.4) is 0 Å². The minimum Gasteiger partial charge on any atom is -0.475 e. The van der Waals surface area contributed by atoms with Gasteiger partial charge in [-0.05, 0) is 39.5 Å². The number of alkyl halides is 1.